The lowest BCUT2D eigenvalue weighted by Gasteiger charge is -2.14. The fourth-order valence-corrected chi connectivity index (χ4v) is 1.96. The van der Waals surface area contributed by atoms with E-state index in [-0.39, 0.29) is 11.9 Å². The molecule has 4 heteroatoms. The van der Waals surface area contributed by atoms with E-state index in [0.717, 1.165) is 23.5 Å². The van der Waals surface area contributed by atoms with Crippen LogP contribution in [0.2, 0.25) is 0 Å². The molecule has 0 spiro atoms. The van der Waals surface area contributed by atoms with Crippen molar-refractivity contribution in [3.63, 3.8) is 0 Å². The van der Waals surface area contributed by atoms with Crippen LogP contribution in [-0.4, -0.2) is 9.78 Å². The number of aromatic nitrogens is 2. The SMILES string of the molecule is Cc1cc(CN[C@@H](C)c2ccc(F)cc2)n(C)n1. The summed E-state index contributed by atoms with van der Waals surface area (Å²) in [7, 11) is 1.94. The quantitative estimate of drug-likeness (QED) is 0.900. The number of hydrogen-bond acceptors (Lipinski definition) is 2. The van der Waals surface area contributed by atoms with Crippen molar-refractivity contribution in [3.8, 4) is 0 Å². The molecule has 96 valence electrons. The average molecular weight is 247 g/mol. The second-order valence-corrected chi connectivity index (χ2v) is 4.55. The molecular formula is C14H18FN3. The summed E-state index contributed by atoms with van der Waals surface area (Å²) in [5.41, 5.74) is 3.24. The van der Waals surface area contributed by atoms with Crippen LogP contribution in [0.4, 0.5) is 4.39 Å². The number of rotatable bonds is 4. The van der Waals surface area contributed by atoms with Crippen LogP contribution in [0.15, 0.2) is 30.3 Å². The molecule has 0 unspecified atom stereocenters. The molecule has 0 radical (unpaired) electrons. The normalized spacial score (nSPS) is 12.7. The minimum Gasteiger partial charge on any atom is -0.305 e. The molecule has 0 aliphatic rings. The van der Waals surface area contributed by atoms with Gasteiger partial charge in [0.15, 0.2) is 0 Å². The van der Waals surface area contributed by atoms with Gasteiger partial charge in [0.25, 0.3) is 0 Å². The topological polar surface area (TPSA) is 29.9 Å². The number of aryl methyl sites for hydroxylation is 2. The lowest BCUT2D eigenvalue weighted by molar-refractivity contribution is 0.546. The van der Waals surface area contributed by atoms with Crippen molar-refractivity contribution in [1.29, 1.82) is 0 Å². The zero-order valence-electron chi connectivity index (χ0n) is 10.9. The summed E-state index contributed by atoms with van der Waals surface area (Å²) in [6.07, 6.45) is 0. The van der Waals surface area contributed by atoms with Crippen LogP contribution in [0.1, 0.15) is 29.9 Å². The molecule has 1 aromatic carbocycles. The molecular weight excluding hydrogens is 229 g/mol. The Labute approximate surface area is 107 Å². The fourth-order valence-electron chi connectivity index (χ4n) is 1.96. The Kier molecular flexibility index (Phi) is 3.77. The van der Waals surface area contributed by atoms with E-state index < -0.39 is 0 Å². The fraction of sp³-hybridized carbons (Fsp3) is 0.357. The Morgan fingerprint density at radius 3 is 2.56 bits per heavy atom. The molecule has 18 heavy (non-hydrogen) atoms. The molecule has 0 amide bonds. The van der Waals surface area contributed by atoms with Crippen molar-refractivity contribution >= 4 is 0 Å². The maximum atomic E-state index is 12.8. The average Bonchev–Trinajstić information content (AvgIpc) is 2.66. The summed E-state index contributed by atoms with van der Waals surface area (Å²) in [4.78, 5) is 0. The number of hydrogen-bond donors (Lipinski definition) is 1. The highest BCUT2D eigenvalue weighted by Gasteiger charge is 2.07. The van der Waals surface area contributed by atoms with Gasteiger partial charge in [0.1, 0.15) is 5.82 Å². The van der Waals surface area contributed by atoms with E-state index in [1.165, 1.54) is 12.1 Å². The molecule has 0 saturated heterocycles. The smallest absolute Gasteiger partial charge is 0.123 e. The van der Waals surface area contributed by atoms with Gasteiger partial charge >= 0.3 is 0 Å². The van der Waals surface area contributed by atoms with Crippen LogP contribution in [0, 0.1) is 12.7 Å². The first-order chi connectivity index (χ1) is 8.56. The first-order valence-corrected chi connectivity index (χ1v) is 6.04. The van der Waals surface area contributed by atoms with Crippen molar-refractivity contribution in [2.45, 2.75) is 26.4 Å². The minimum atomic E-state index is -0.201. The maximum absolute atomic E-state index is 12.8. The summed E-state index contributed by atoms with van der Waals surface area (Å²) >= 11 is 0. The van der Waals surface area contributed by atoms with Crippen molar-refractivity contribution in [2.24, 2.45) is 7.05 Å². The third-order valence-electron chi connectivity index (χ3n) is 3.06. The van der Waals surface area contributed by atoms with E-state index in [4.69, 9.17) is 0 Å². The van der Waals surface area contributed by atoms with E-state index in [9.17, 15) is 4.39 Å². The first-order valence-electron chi connectivity index (χ1n) is 6.04. The van der Waals surface area contributed by atoms with Crippen LogP contribution in [0.25, 0.3) is 0 Å². The molecule has 2 aromatic rings. The van der Waals surface area contributed by atoms with Gasteiger partial charge in [-0.2, -0.15) is 5.10 Å². The van der Waals surface area contributed by atoms with Crippen molar-refractivity contribution in [3.05, 3.63) is 53.1 Å². The highest BCUT2D eigenvalue weighted by atomic mass is 19.1. The van der Waals surface area contributed by atoms with Gasteiger partial charge in [-0.3, -0.25) is 4.68 Å². The van der Waals surface area contributed by atoms with Gasteiger partial charge in [-0.25, -0.2) is 4.39 Å². The summed E-state index contributed by atoms with van der Waals surface area (Å²) < 4.78 is 14.7. The van der Waals surface area contributed by atoms with Gasteiger partial charge in [0.2, 0.25) is 0 Å². The Balaban J connectivity index is 1.98. The van der Waals surface area contributed by atoms with Crippen molar-refractivity contribution < 1.29 is 4.39 Å². The zero-order chi connectivity index (χ0) is 13.1. The third kappa shape index (κ3) is 2.96. The Morgan fingerprint density at radius 2 is 2.00 bits per heavy atom. The Hall–Kier alpha value is -1.68. The van der Waals surface area contributed by atoms with Crippen LogP contribution < -0.4 is 5.32 Å². The van der Waals surface area contributed by atoms with Gasteiger partial charge in [0, 0.05) is 19.6 Å². The number of nitrogens with one attached hydrogen (secondary N) is 1. The van der Waals surface area contributed by atoms with Gasteiger partial charge in [-0.05, 0) is 37.6 Å². The highest BCUT2D eigenvalue weighted by Crippen LogP contribution is 2.13. The largest absolute Gasteiger partial charge is 0.305 e. The van der Waals surface area contributed by atoms with E-state index in [2.05, 4.69) is 23.4 Å². The third-order valence-corrected chi connectivity index (χ3v) is 3.06. The molecule has 1 aromatic heterocycles. The van der Waals surface area contributed by atoms with E-state index in [1.54, 1.807) is 0 Å². The molecule has 1 heterocycles. The predicted molar refractivity (Wildman–Crippen MR) is 69.6 cm³/mol. The predicted octanol–water partition coefficient (Wildman–Crippen LogP) is 2.72. The number of nitrogens with zero attached hydrogens (tertiary/aromatic N) is 2. The zero-order valence-corrected chi connectivity index (χ0v) is 10.9. The second-order valence-electron chi connectivity index (χ2n) is 4.55. The van der Waals surface area contributed by atoms with Crippen LogP contribution in [0.5, 0.6) is 0 Å². The van der Waals surface area contributed by atoms with Crippen LogP contribution in [0.3, 0.4) is 0 Å². The first kappa shape index (κ1) is 12.8. The van der Waals surface area contributed by atoms with Gasteiger partial charge in [-0.1, -0.05) is 12.1 Å². The van der Waals surface area contributed by atoms with E-state index in [0.29, 0.717) is 0 Å². The van der Waals surface area contributed by atoms with Gasteiger partial charge < -0.3 is 5.32 Å². The monoisotopic (exact) mass is 247 g/mol. The Bertz CT molecular complexity index is 516. The summed E-state index contributed by atoms with van der Waals surface area (Å²) in [6, 6.07) is 8.83. The molecule has 0 fully saturated rings. The van der Waals surface area contributed by atoms with Crippen molar-refractivity contribution in [2.75, 3.05) is 0 Å². The second kappa shape index (κ2) is 5.31. The lowest BCUT2D eigenvalue weighted by atomic mass is 10.1. The molecule has 2 rings (SSSR count). The van der Waals surface area contributed by atoms with Gasteiger partial charge in [-0.15, -0.1) is 0 Å². The standard InChI is InChI=1S/C14H18FN3/c1-10-8-14(18(3)17-10)9-16-11(2)12-4-6-13(15)7-5-12/h4-8,11,16H,9H2,1-3H3/t11-/m0/s1. The lowest BCUT2D eigenvalue weighted by Crippen LogP contribution is -2.19. The molecule has 3 nitrogen and oxygen atoms in total. The maximum Gasteiger partial charge on any atom is 0.123 e. The Morgan fingerprint density at radius 1 is 1.33 bits per heavy atom. The molecule has 1 atom stereocenters. The summed E-state index contributed by atoms with van der Waals surface area (Å²) in [5.74, 6) is -0.201. The summed E-state index contributed by atoms with van der Waals surface area (Å²) in [5, 5.41) is 7.71. The molecule has 0 bridgehead atoms. The van der Waals surface area contributed by atoms with E-state index in [1.807, 2.05) is 30.8 Å². The molecule has 1 N–H and O–H groups in total. The molecule has 0 aliphatic heterocycles. The molecule has 0 saturated carbocycles. The number of halogens is 1. The van der Waals surface area contributed by atoms with Crippen molar-refractivity contribution in [1.82, 2.24) is 15.1 Å². The van der Waals surface area contributed by atoms with Crippen LogP contribution in [-0.2, 0) is 13.6 Å². The minimum absolute atomic E-state index is 0.181. The molecule has 0 aliphatic carbocycles. The number of benzene rings is 1. The highest BCUT2D eigenvalue weighted by molar-refractivity contribution is 5.19. The van der Waals surface area contributed by atoms with Crippen LogP contribution >= 0.6 is 0 Å². The summed E-state index contributed by atoms with van der Waals surface area (Å²) in [6.45, 7) is 4.79. The van der Waals surface area contributed by atoms with Gasteiger partial charge in [0.05, 0.1) is 11.4 Å². The van der Waals surface area contributed by atoms with E-state index >= 15 is 0 Å².